The van der Waals surface area contributed by atoms with Gasteiger partial charge in [-0.3, -0.25) is 19.3 Å². The Hall–Kier alpha value is -3.61. The number of carbonyl (C=O) groups excluding carboxylic acids is 3. The highest BCUT2D eigenvalue weighted by Gasteiger charge is 2.42. The fraction of sp³-hybridized carbons (Fsp3) is 0.571. The molecule has 3 amide bonds. The van der Waals surface area contributed by atoms with Crippen LogP contribution < -0.4 is 0 Å². The minimum Gasteiger partial charge on any atom is -0.342 e. The molecule has 0 spiro atoms. The molecule has 3 aliphatic heterocycles. The third kappa shape index (κ3) is 7.82. The van der Waals surface area contributed by atoms with Gasteiger partial charge in [-0.15, -0.1) is 0 Å². The predicted octanol–water partition coefficient (Wildman–Crippen LogP) is 5.73. The zero-order chi connectivity index (χ0) is 34.2. The van der Waals surface area contributed by atoms with Gasteiger partial charge in [-0.25, -0.2) is 0 Å². The van der Waals surface area contributed by atoms with Gasteiger partial charge in [0.15, 0.2) is 0 Å². The predicted molar refractivity (Wildman–Crippen MR) is 165 cm³/mol. The van der Waals surface area contributed by atoms with E-state index in [-0.39, 0.29) is 43.2 Å². The molecule has 4 aliphatic rings. The summed E-state index contributed by atoms with van der Waals surface area (Å²) in [5.74, 6) is -0.891. The molecule has 13 heteroatoms. The first kappa shape index (κ1) is 34.3. The molecule has 3 heterocycles. The lowest BCUT2D eigenvalue weighted by Crippen LogP contribution is -2.57. The van der Waals surface area contributed by atoms with Gasteiger partial charge in [-0.05, 0) is 68.7 Å². The number of piperazine rings is 1. The zero-order valence-electron chi connectivity index (χ0n) is 26.6. The summed E-state index contributed by atoms with van der Waals surface area (Å²) in [6.07, 6.45) is -5.52. The van der Waals surface area contributed by atoms with Gasteiger partial charge < -0.3 is 14.7 Å². The number of likely N-dealkylation sites (tertiary alicyclic amines) is 2. The second-order valence-corrected chi connectivity index (χ2v) is 13.5. The molecule has 2 aromatic carbocycles. The van der Waals surface area contributed by atoms with E-state index in [4.69, 9.17) is 0 Å². The number of alkyl halides is 6. The van der Waals surface area contributed by atoms with E-state index in [9.17, 15) is 40.7 Å². The SMILES string of the molecule is O=C(C1CC1)N1CCC(N2CCN(C(=O)[C@H]3CCN(C(=O)c4cc(C(F)(F)F)cc(C(F)(F)F)c4)[C@H](Cc4ccccc4)C3)CC2)CC1. The van der Waals surface area contributed by atoms with Gasteiger partial charge in [0.1, 0.15) is 0 Å². The first-order valence-electron chi connectivity index (χ1n) is 16.7. The lowest BCUT2D eigenvalue weighted by Gasteiger charge is -2.45. The molecule has 0 N–H and O–H groups in total. The number of rotatable bonds is 6. The molecule has 48 heavy (non-hydrogen) atoms. The third-order valence-corrected chi connectivity index (χ3v) is 10.3. The minimum absolute atomic E-state index is 0.0158. The maximum atomic E-state index is 13.8. The van der Waals surface area contributed by atoms with Gasteiger partial charge >= 0.3 is 12.4 Å². The van der Waals surface area contributed by atoms with E-state index in [0.29, 0.717) is 37.7 Å². The van der Waals surface area contributed by atoms with Crippen molar-refractivity contribution in [3.63, 3.8) is 0 Å². The van der Waals surface area contributed by atoms with Gasteiger partial charge in [0.2, 0.25) is 11.8 Å². The lowest BCUT2D eigenvalue weighted by atomic mass is 9.85. The minimum atomic E-state index is -5.07. The van der Waals surface area contributed by atoms with E-state index in [0.717, 1.165) is 57.4 Å². The van der Waals surface area contributed by atoms with Crippen LogP contribution in [-0.2, 0) is 28.4 Å². The van der Waals surface area contributed by atoms with Crippen molar-refractivity contribution in [2.45, 2.75) is 69.4 Å². The van der Waals surface area contributed by atoms with Crippen molar-refractivity contribution in [2.24, 2.45) is 11.8 Å². The van der Waals surface area contributed by atoms with E-state index in [2.05, 4.69) is 4.90 Å². The Morgan fingerprint density at radius 3 is 1.77 bits per heavy atom. The quantitative estimate of drug-likeness (QED) is 0.367. The molecule has 2 aromatic rings. The van der Waals surface area contributed by atoms with Crippen molar-refractivity contribution in [3.8, 4) is 0 Å². The zero-order valence-corrected chi connectivity index (χ0v) is 26.6. The number of hydrogen-bond acceptors (Lipinski definition) is 4. The number of hydrogen-bond donors (Lipinski definition) is 0. The molecule has 1 saturated carbocycles. The van der Waals surface area contributed by atoms with Gasteiger partial charge in [-0.1, -0.05) is 30.3 Å². The Kier molecular flexibility index (Phi) is 9.79. The number of piperidine rings is 2. The summed E-state index contributed by atoms with van der Waals surface area (Å²) in [7, 11) is 0. The van der Waals surface area contributed by atoms with Crippen LogP contribution in [0.1, 0.15) is 65.6 Å². The van der Waals surface area contributed by atoms with Crippen molar-refractivity contribution in [3.05, 3.63) is 70.8 Å². The summed E-state index contributed by atoms with van der Waals surface area (Å²) in [5, 5.41) is 0. The number of halogens is 6. The monoisotopic (exact) mass is 678 g/mol. The van der Waals surface area contributed by atoms with Crippen LogP contribution in [0.3, 0.4) is 0 Å². The Morgan fingerprint density at radius 2 is 1.21 bits per heavy atom. The Balaban J connectivity index is 1.12. The van der Waals surface area contributed by atoms with Crippen LogP contribution in [0.2, 0.25) is 0 Å². The summed E-state index contributed by atoms with van der Waals surface area (Å²) < 4.78 is 81.4. The molecule has 0 unspecified atom stereocenters. The summed E-state index contributed by atoms with van der Waals surface area (Å²) in [4.78, 5) is 47.5. The Bertz CT molecular complexity index is 1450. The van der Waals surface area contributed by atoms with E-state index in [1.165, 1.54) is 4.90 Å². The van der Waals surface area contributed by atoms with Gasteiger partial charge in [0.25, 0.3) is 5.91 Å². The van der Waals surface area contributed by atoms with Crippen LogP contribution in [0.15, 0.2) is 48.5 Å². The van der Waals surface area contributed by atoms with Crippen LogP contribution in [0.4, 0.5) is 26.3 Å². The first-order valence-corrected chi connectivity index (χ1v) is 16.7. The molecule has 0 bridgehead atoms. The molecular weight excluding hydrogens is 638 g/mol. The van der Waals surface area contributed by atoms with E-state index in [1.807, 2.05) is 40.1 Å². The lowest BCUT2D eigenvalue weighted by molar-refractivity contribution is -0.143. The smallest absolute Gasteiger partial charge is 0.342 e. The molecule has 260 valence electrons. The van der Waals surface area contributed by atoms with Crippen molar-refractivity contribution in [2.75, 3.05) is 45.8 Å². The van der Waals surface area contributed by atoms with Crippen LogP contribution in [0, 0.1) is 11.8 Å². The molecule has 1 aliphatic carbocycles. The summed E-state index contributed by atoms with van der Waals surface area (Å²) in [5.41, 5.74) is -2.92. The summed E-state index contributed by atoms with van der Waals surface area (Å²) in [6, 6.07) is 9.84. The molecule has 3 saturated heterocycles. The number of nitrogens with zero attached hydrogens (tertiary/aromatic N) is 4. The third-order valence-electron chi connectivity index (χ3n) is 10.3. The molecule has 7 nitrogen and oxygen atoms in total. The van der Waals surface area contributed by atoms with Gasteiger partial charge in [0.05, 0.1) is 11.1 Å². The average molecular weight is 679 g/mol. The molecule has 0 aromatic heterocycles. The normalized spacial score (nSPS) is 23.3. The fourth-order valence-corrected chi connectivity index (χ4v) is 7.47. The molecule has 4 fully saturated rings. The molecule has 6 rings (SSSR count). The van der Waals surface area contributed by atoms with Gasteiger partial charge in [0, 0.05) is 75.3 Å². The Labute approximate surface area is 275 Å². The van der Waals surface area contributed by atoms with Crippen molar-refractivity contribution >= 4 is 17.7 Å². The molecule has 0 radical (unpaired) electrons. The average Bonchev–Trinajstić information content (AvgIpc) is 3.93. The highest BCUT2D eigenvalue weighted by Crippen LogP contribution is 2.38. The van der Waals surface area contributed by atoms with E-state index >= 15 is 0 Å². The van der Waals surface area contributed by atoms with Crippen LogP contribution in [0.5, 0.6) is 0 Å². The Morgan fingerprint density at radius 1 is 0.646 bits per heavy atom. The van der Waals surface area contributed by atoms with Crippen LogP contribution in [-0.4, -0.2) is 95.2 Å². The first-order chi connectivity index (χ1) is 22.8. The molecule has 2 atom stereocenters. The van der Waals surface area contributed by atoms with Crippen molar-refractivity contribution in [1.29, 1.82) is 0 Å². The standard InChI is InChI=1S/C35H40F6N4O3/c36-34(37,38)27-19-26(20-28(22-27)35(39,40)41)33(48)45-13-8-25(21-30(45)18-23-4-2-1-3-5-23)32(47)44-16-14-42(15-17-44)29-9-11-43(12-10-29)31(46)24-6-7-24/h1-5,19-20,22,24-25,29-30H,6-18,21H2/t25-,30+/m0/s1. The highest BCUT2D eigenvalue weighted by atomic mass is 19.4. The maximum absolute atomic E-state index is 13.8. The largest absolute Gasteiger partial charge is 0.416 e. The maximum Gasteiger partial charge on any atom is 0.416 e. The molecular formula is C35H40F6N4O3. The second-order valence-electron chi connectivity index (χ2n) is 13.5. The highest BCUT2D eigenvalue weighted by molar-refractivity contribution is 5.95. The van der Waals surface area contributed by atoms with E-state index < -0.39 is 46.9 Å². The van der Waals surface area contributed by atoms with Crippen LogP contribution >= 0.6 is 0 Å². The topological polar surface area (TPSA) is 64.2 Å². The fourth-order valence-electron chi connectivity index (χ4n) is 7.47. The van der Waals surface area contributed by atoms with Gasteiger partial charge in [-0.2, -0.15) is 26.3 Å². The van der Waals surface area contributed by atoms with Crippen molar-refractivity contribution in [1.82, 2.24) is 19.6 Å². The number of amides is 3. The summed E-state index contributed by atoms with van der Waals surface area (Å²) in [6.45, 7) is 4.08. The van der Waals surface area contributed by atoms with Crippen LogP contribution in [0.25, 0.3) is 0 Å². The number of benzene rings is 2. The van der Waals surface area contributed by atoms with E-state index in [1.54, 1.807) is 0 Å². The summed E-state index contributed by atoms with van der Waals surface area (Å²) >= 11 is 0. The van der Waals surface area contributed by atoms with Crippen molar-refractivity contribution < 1.29 is 40.7 Å². The second kappa shape index (κ2) is 13.7. The number of carbonyl (C=O) groups is 3.